The Balaban J connectivity index is 1.50. The second kappa shape index (κ2) is 6.90. The Bertz CT molecular complexity index is 739. The Labute approximate surface area is 145 Å². The molecule has 1 aromatic carbocycles. The van der Waals surface area contributed by atoms with Gasteiger partial charge in [0.25, 0.3) is 0 Å². The predicted octanol–water partition coefficient (Wildman–Crippen LogP) is 2.49. The van der Waals surface area contributed by atoms with Crippen molar-refractivity contribution < 1.29 is 23.8 Å². The molecular formula is C19H19NO5. The first-order chi connectivity index (χ1) is 12.2. The van der Waals surface area contributed by atoms with Crippen molar-refractivity contribution in [2.24, 2.45) is 4.99 Å². The molecule has 2 heterocycles. The summed E-state index contributed by atoms with van der Waals surface area (Å²) >= 11 is 0. The van der Waals surface area contributed by atoms with Crippen LogP contribution in [0, 0.1) is 0 Å². The molecule has 0 radical (unpaired) electrons. The average molecular weight is 341 g/mol. The average Bonchev–Trinajstić information content (AvgIpc) is 2.63. The summed E-state index contributed by atoms with van der Waals surface area (Å²) in [5, 5.41) is 0. The number of ether oxygens (including phenoxy) is 3. The predicted molar refractivity (Wildman–Crippen MR) is 88.9 cm³/mol. The summed E-state index contributed by atoms with van der Waals surface area (Å²) in [7, 11) is 0. The lowest BCUT2D eigenvalue weighted by Gasteiger charge is -2.38. The Kier molecular flexibility index (Phi) is 4.46. The van der Waals surface area contributed by atoms with Gasteiger partial charge >= 0.3 is 5.97 Å². The Hall–Kier alpha value is -2.31. The normalized spacial score (nSPS) is 31.3. The molecule has 0 amide bonds. The van der Waals surface area contributed by atoms with Crippen LogP contribution in [-0.4, -0.2) is 36.3 Å². The first-order valence-electron chi connectivity index (χ1n) is 8.53. The molecule has 4 rings (SSSR count). The van der Waals surface area contributed by atoms with Crippen LogP contribution in [0.1, 0.15) is 37.5 Å². The van der Waals surface area contributed by atoms with Crippen LogP contribution < -0.4 is 0 Å². The standard InChI is InChI=1S/C19H19NO5/c21-14-8-4-7-13(9-14)20-15-10-16-17(24-18(15)22)11-23-19(25-16)12-5-2-1-3-6-12/h1-3,5-6,9,16-17,19H,4,7-8,10-11H2/t16-,17+,19+/m0/s1. The second-order valence-electron chi connectivity index (χ2n) is 6.41. The molecule has 1 aromatic rings. The van der Waals surface area contributed by atoms with E-state index in [0.717, 1.165) is 12.0 Å². The Morgan fingerprint density at radius 3 is 2.68 bits per heavy atom. The quantitative estimate of drug-likeness (QED) is 0.773. The van der Waals surface area contributed by atoms with E-state index in [1.54, 1.807) is 0 Å². The number of hydrogen-bond donors (Lipinski definition) is 0. The lowest BCUT2D eigenvalue weighted by molar-refractivity contribution is -0.262. The molecule has 1 aliphatic carbocycles. The van der Waals surface area contributed by atoms with Crippen molar-refractivity contribution in [1.82, 2.24) is 0 Å². The van der Waals surface area contributed by atoms with E-state index in [1.807, 2.05) is 30.3 Å². The van der Waals surface area contributed by atoms with Gasteiger partial charge in [0.2, 0.25) is 0 Å². The van der Waals surface area contributed by atoms with Crippen LogP contribution in [0.15, 0.2) is 47.1 Å². The highest BCUT2D eigenvalue weighted by Gasteiger charge is 2.41. The van der Waals surface area contributed by atoms with Gasteiger partial charge in [0.05, 0.1) is 6.61 Å². The number of ketones is 1. The molecule has 0 saturated carbocycles. The lowest BCUT2D eigenvalue weighted by Crippen LogP contribution is -2.50. The third kappa shape index (κ3) is 3.55. The molecule has 3 atom stereocenters. The van der Waals surface area contributed by atoms with E-state index in [9.17, 15) is 9.59 Å². The summed E-state index contributed by atoms with van der Waals surface area (Å²) in [6.07, 6.45) is 2.70. The van der Waals surface area contributed by atoms with Crippen molar-refractivity contribution in [3.05, 3.63) is 47.7 Å². The molecule has 3 aliphatic rings. The number of aliphatic imine (C=N–C) groups is 1. The maximum absolute atomic E-state index is 12.2. The molecule has 130 valence electrons. The third-order valence-corrected chi connectivity index (χ3v) is 4.55. The van der Waals surface area contributed by atoms with Crippen molar-refractivity contribution >= 4 is 17.5 Å². The third-order valence-electron chi connectivity index (χ3n) is 4.55. The number of esters is 1. The fraction of sp³-hybridized carbons (Fsp3) is 0.421. The van der Waals surface area contributed by atoms with E-state index >= 15 is 0 Å². The van der Waals surface area contributed by atoms with Gasteiger partial charge in [-0.2, -0.15) is 0 Å². The summed E-state index contributed by atoms with van der Waals surface area (Å²) in [6.45, 7) is 0.296. The molecule has 0 aromatic heterocycles. The maximum Gasteiger partial charge on any atom is 0.353 e. The van der Waals surface area contributed by atoms with Crippen LogP contribution >= 0.6 is 0 Å². The van der Waals surface area contributed by atoms with Crippen molar-refractivity contribution in [2.75, 3.05) is 6.61 Å². The summed E-state index contributed by atoms with van der Waals surface area (Å²) in [6, 6.07) is 9.66. The number of carbonyl (C=O) groups is 2. The first-order valence-corrected chi connectivity index (χ1v) is 8.53. The number of fused-ring (bicyclic) bond motifs is 1. The zero-order valence-corrected chi connectivity index (χ0v) is 13.7. The van der Waals surface area contributed by atoms with E-state index < -0.39 is 18.4 Å². The van der Waals surface area contributed by atoms with Gasteiger partial charge in [-0.3, -0.25) is 9.79 Å². The SMILES string of the molecule is O=C1C=C(N=C2C[C@@H]3O[C@H](c4ccccc4)OC[C@H]3OC2=O)CCC1. The number of nitrogens with zero attached hydrogens (tertiary/aromatic N) is 1. The number of rotatable bonds is 2. The molecule has 0 spiro atoms. The van der Waals surface area contributed by atoms with Crippen molar-refractivity contribution in [2.45, 2.75) is 44.2 Å². The number of carbonyl (C=O) groups excluding carboxylic acids is 2. The van der Waals surface area contributed by atoms with E-state index in [0.29, 0.717) is 37.3 Å². The number of hydrogen-bond acceptors (Lipinski definition) is 6. The van der Waals surface area contributed by atoms with Crippen LogP contribution in [-0.2, 0) is 23.8 Å². The summed E-state index contributed by atoms with van der Waals surface area (Å²) in [5.41, 5.74) is 1.89. The van der Waals surface area contributed by atoms with E-state index in [2.05, 4.69) is 4.99 Å². The molecule has 6 heteroatoms. The van der Waals surface area contributed by atoms with Gasteiger partial charge in [-0.15, -0.1) is 0 Å². The zero-order chi connectivity index (χ0) is 17.2. The molecule has 0 N–H and O–H groups in total. The van der Waals surface area contributed by atoms with Crippen LogP contribution in [0.2, 0.25) is 0 Å². The van der Waals surface area contributed by atoms with Gasteiger partial charge in [-0.25, -0.2) is 4.79 Å². The topological polar surface area (TPSA) is 74.2 Å². The molecular weight excluding hydrogens is 322 g/mol. The smallest absolute Gasteiger partial charge is 0.353 e. The summed E-state index contributed by atoms with van der Waals surface area (Å²) < 4.78 is 17.1. The highest BCUT2D eigenvalue weighted by Crippen LogP contribution is 2.32. The monoisotopic (exact) mass is 341 g/mol. The molecule has 6 nitrogen and oxygen atoms in total. The van der Waals surface area contributed by atoms with Crippen molar-refractivity contribution in [3.8, 4) is 0 Å². The maximum atomic E-state index is 12.2. The highest BCUT2D eigenvalue weighted by atomic mass is 16.7. The van der Waals surface area contributed by atoms with Crippen LogP contribution in [0.3, 0.4) is 0 Å². The number of allylic oxidation sites excluding steroid dienone is 2. The van der Waals surface area contributed by atoms with Gasteiger partial charge in [0, 0.05) is 30.2 Å². The zero-order valence-electron chi connectivity index (χ0n) is 13.7. The van der Waals surface area contributed by atoms with Gasteiger partial charge < -0.3 is 14.2 Å². The summed E-state index contributed by atoms with van der Waals surface area (Å²) in [4.78, 5) is 28.1. The van der Waals surface area contributed by atoms with Crippen LogP contribution in [0.5, 0.6) is 0 Å². The van der Waals surface area contributed by atoms with Crippen LogP contribution in [0.25, 0.3) is 0 Å². The molecule has 25 heavy (non-hydrogen) atoms. The molecule has 2 saturated heterocycles. The van der Waals surface area contributed by atoms with E-state index in [1.165, 1.54) is 6.08 Å². The molecule has 2 aliphatic heterocycles. The first kappa shape index (κ1) is 16.2. The minimum Gasteiger partial charge on any atom is -0.453 e. The van der Waals surface area contributed by atoms with Gasteiger partial charge in [-0.05, 0) is 12.8 Å². The van der Waals surface area contributed by atoms with E-state index in [4.69, 9.17) is 14.2 Å². The van der Waals surface area contributed by atoms with Gasteiger partial charge in [0.1, 0.15) is 11.8 Å². The molecule has 0 bridgehead atoms. The largest absolute Gasteiger partial charge is 0.453 e. The van der Waals surface area contributed by atoms with E-state index in [-0.39, 0.29) is 11.9 Å². The number of benzene rings is 1. The fourth-order valence-corrected chi connectivity index (χ4v) is 3.26. The second-order valence-corrected chi connectivity index (χ2v) is 6.41. The lowest BCUT2D eigenvalue weighted by atomic mass is 10.0. The fourth-order valence-electron chi connectivity index (χ4n) is 3.26. The minimum atomic E-state index is -0.476. The van der Waals surface area contributed by atoms with Gasteiger partial charge in [0.15, 0.2) is 18.2 Å². The van der Waals surface area contributed by atoms with Crippen LogP contribution in [0.4, 0.5) is 0 Å². The summed E-state index contributed by atoms with van der Waals surface area (Å²) in [5.74, 6) is -0.398. The van der Waals surface area contributed by atoms with Crippen molar-refractivity contribution in [3.63, 3.8) is 0 Å². The minimum absolute atomic E-state index is 0.0547. The van der Waals surface area contributed by atoms with Gasteiger partial charge in [-0.1, -0.05) is 30.3 Å². The Morgan fingerprint density at radius 1 is 1.04 bits per heavy atom. The molecule has 0 unspecified atom stereocenters. The molecule has 2 fully saturated rings. The van der Waals surface area contributed by atoms with Crippen molar-refractivity contribution in [1.29, 1.82) is 0 Å². The Morgan fingerprint density at radius 2 is 1.88 bits per heavy atom. The highest BCUT2D eigenvalue weighted by molar-refractivity contribution is 6.37.